The van der Waals surface area contributed by atoms with Crippen molar-refractivity contribution in [3.63, 3.8) is 0 Å². The molecule has 0 saturated heterocycles. The summed E-state index contributed by atoms with van der Waals surface area (Å²) in [5.74, 6) is -0.431. The number of nitrogens with one attached hydrogen (secondary N) is 1. The van der Waals surface area contributed by atoms with E-state index >= 15 is 0 Å². The summed E-state index contributed by atoms with van der Waals surface area (Å²) in [6.45, 7) is 1.78. The molecule has 0 bridgehead atoms. The van der Waals surface area contributed by atoms with Gasteiger partial charge >= 0.3 is 12.1 Å². The van der Waals surface area contributed by atoms with Gasteiger partial charge in [0.25, 0.3) is 0 Å². The highest BCUT2D eigenvalue weighted by Gasteiger charge is 2.30. The molecule has 0 radical (unpaired) electrons. The molecule has 2 aromatic rings. The van der Waals surface area contributed by atoms with Gasteiger partial charge in [-0.15, -0.1) is 0 Å². The van der Waals surface area contributed by atoms with Gasteiger partial charge in [0.1, 0.15) is 0 Å². The van der Waals surface area contributed by atoms with Crippen molar-refractivity contribution in [1.29, 1.82) is 0 Å². The van der Waals surface area contributed by atoms with E-state index in [2.05, 4.69) is 10.2 Å². The van der Waals surface area contributed by atoms with E-state index in [-0.39, 0.29) is 18.2 Å². The number of hydroxylamine groups is 1. The Labute approximate surface area is 173 Å². The molecule has 0 aliphatic carbocycles. The number of benzene rings is 2. The Hall–Kier alpha value is -2.68. The molecule has 0 amide bonds. The highest BCUT2D eigenvalue weighted by Crippen LogP contribution is 2.30. The van der Waals surface area contributed by atoms with Crippen molar-refractivity contribution in [3.8, 4) is 0 Å². The van der Waals surface area contributed by atoms with Gasteiger partial charge in [-0.25, -0.2) is 4.79 Å². The number of methoxy groups -OCH3 is 1. The zero-order valence-corrected chi connectivity index (χ0v) is 16.6. The molecule has 0 saturated carbocycles. The number of carbonyl (C=O) groups excluding carboxylic acids is 1. The quantitative estimate of drug-likeness (QED) is 0.362. The molecule has 2 N–H and O–H groups in total. The fourth-order valence-corrected chi connectivity index (χ4v) is 2.68. The van der Waals surface area contributed by atoms with Gasteiger partial charge in [-0.3, -0.25) is 4.84 Å². The first-order chi connectivity index (χ1) is 14.2. The standard InChI is InChI=1S/C22H24F3NO4/c1-15(12-17-8-6-16(7-9-17)10-11-21(28)29-2)30-26-14-20(27)18-4-3-5-19(13-18)22(23,24)25/h3-11,13,15,20,26-27H,12,14H2,1-2H3/b11-10+. The fraction of sp³-hybridized carbons (Fsp3) is 0.318. The van der Waals surface area contributed by atoms with Gasteiger partial charge in [0, 0.05) is 12.5 Å². The number of aliphatic hydroxyl groups excluding tert-OH is 1. The Balaban J connectivity index is 1.80. The van der Waals surface area contributed by atoms with E-state index in [0.717, 1.165) is 23.3 Å². The number of esters is 1. The Morgan fingerprint density at radius 3 is 2.53 bits per heavy atom. The van der Waals surface area contributed by atoms with Crippen LogP contribution in [0.25, 0.3) is 6.08 Å². The molecule has 0 heterocycles. The molecule has 2 atom stereocenters. The molecule has 0 fully saturated rings. The maximum absolute atomic E-state index is 12.8. The third-order valence-electron chi connectivity index (χ3n) is 4.28. The molecule has 0 aromatic heterocycles. The van der Waals surface area contributed by atoms with Gasteiger partial charge in [-0.05, 0) is 41.8 Å². The predicted molar refractivity (Wildman–Crippen MR) is 106 cm³/mol. The molecule has 30 heavy (non-hydrogen) atoms. The van der Waals surface area contributed by atoms with Gasteiger partial charge in [-0.1, -0.05) is 36.4 Å². The van der Waals surface area contributed by atoms with Crippen LogP contribution in [0.1, 0.15) is 35.3 Å². The molecule has 162 valence electrons. The minimum Gasteiger partial charge on any atom is -0.466 e. The summed E-state index contributed by atoms with van der Waals surface area (Å²) in [6, 6.07) is 12.1. The molecular weight excluding hydrogens is 399 g/mol. The number of alkyl halides is 3. The van der Waals surface area contributed by atoms with Crippen LogP contribution in [0.2, 0.25) is 0 Å². The lowest BCUT2D eigenvalue weighted by atomic mass is 10.1. The second kappa shape index (κ2) is 10.9. The summed E-state index contributed by atoms with van der Waals surface area (Å²) in [5, 5.41) is 10.1. The van der Waals surface area contributed by atoms with E-state index in [1.807, 2.05) is 31.2 Å². The summed E-state index contributed by atoms with van der Waals surface area (Å²) in [7, 11) is 1.31. The van der Waals surface area contributed by atoms with Crippen LogP contribution in [0, 0.1) is 0 Å². The summed E-state index contributed by atoms with van der Waals surface area (Å²) in [6.07, 6.45) is -2.28. The van der Waals surface area contributed by atoms with Crippen LogP contribution in [0.5, 0.6) is 0 Å². The number of hydrogen-bond donors (Lipinski definition) is 2. The molecule has 2 unspecified atom stereocenters. The average molecular weight is 423 g/mol. The lowest BCUT2D eigenvalue weighted by Gasteiger charge is -2.17. The van der Waals surface area contributed by atoms with E-state index in [0.29, 0.717) is 6.42 Å². The zero-order chi connectivity index (χ0) is 22.1. The van der Waals surface area contributed by atoms with Gasteiger partial charge in [-0.2, -0.15) is 18.7 Å². The summed E-state index contributed by atoms with van der Waals surface area (Å²) in [5.41, 5.74) is 3.81. The maximum atomic E-state index is 12.8. The Bertz CT molecular complexity index is 850. The number of ether oxygens (including phenoxy) is 1. The molecule has 0 aliphatic heterocycles. The van der Waals surface area contributed by atoms with Crippen LogP contribution >= 0.6 is 0 Å². The van der Waals surface area contributed by atoms with E-state index in [1.54, 1.807) is 6.08 Å². The first-order valence-corrected chi connectivity index (χ1v) is 9.27. The first kappa shape index (κ1) is 23.6. The molecule has 2 aromatic carbocycles. The van der Waals surface area contributed by atoms with Crippen LogP contribution in [-0.2, 0) is 27.0 Å². The number of halogens is 3. The highest BCUT2D eigenvalue weighted by atomic mass is 19.4. The minimum absolute atomic E-state index is 0.0527. The average Bonchev–Trinajstić information content (AvgIpc) is 2.72. The molecule has 0 spiro atoms. The van der Waals surface area contributed by atoms with Gasteiger partial charge in [0.05, 0.1) is 31.4 Å². The lowest BCUT2D eigenvalue weighted by molar-refractivity contribution is -0.137. The highest BCUT2D eigenvalue weighted by molar-refractivity contribution is 5.86. The molecule has 5 nitrogen and oxygen atoms in total. The van der Waals surface area contributed by atoms with Crippen molar-refractivity contribution >= 4 is 12.0 Å². The topological polar surface area (TPSA) is 67.8 Å². The zero-order valence-electron chi connectivity index (χ0n) is 16.6. The minimum atomic E-state index is -4.46. The van der Waals surface area contributed by atoms with Crippen LogP contribution in [-0.4, -0.2) is 30.8 Å². The third kappa shape index (κ3) is 7.62. The van der Waals surface area contributed by atoms with Crippen molar-refractivity contribution in [1.82, 2.24) is 5.48 Å². The SMILES string of the molecule is COC(=O)/C=C/c1ccc(CC(C)ONCC(O)c2cccc(C(F)(F)F)c2)cc1. The van der Waals surface area contributed by atoms with E-state index < -0.39 is 23.8 Å². The monoisotopic (exact) mass is 423 g/mol. The van der Waals surface area contributed by atoms with Gasteiger partial charge < -0.3 is 9.84 Å². The van der Waals surface area contributed by atoms with Crippen LogP contribution in [0.15, 0.2) is 54.6 Å². The fourth-order valence-electron chi connectivity index (χ4n) is 2.68. The van der Waals surface area contributed by atoms with Crippen LogP contribution in [0.3, 0.4) is 0 Å². The largest absolute Gasteiger partial charge is 0.466 e. The summed E-state index contributed by atoms with van der Waals surface area (Å²) < 4.78 is 42.8. The Kier molecular flexibility index (Phi) is 8.58. The normalized spacial score (nSPS) is 13.9. The molecule has 8 heteroatoms. The number of aliphatic hydroxyl groups is 1. The van der Waals surface area contributed by atoms with Crippen molar-refractivity contribution in [2.45, 2.75) is 31.7 Å². The van der Waals surface area contributed by atoms with Crippen LogP contribution in [0.4, 0.5) is 13.2 Å². The summed E-state index contributed by atoms with van der Waals surface area (Å²) >= 11 is 0. The van der Waals surface area contributed by atoms with Crippen LogP contribution < -0.4 is 5.48 Å². The second-order valence-electron chi connectivity index (χ2n) is 6.72. The van der Waals surface area contributed by atoms with E-state index in [9.17, 15) is 23.1 Å². The molecule has 2 rings (SSSR count). The van der Waals surface area contributed by atoms with Crippen molar-refractivity contribution < 1.29 is 32.6 Å². The first-order valence-electron chi connectivity index (χ1n) is 9.27. The smallest absolute Gasteiger partial charge is 0.416 e. The second-order valence-corrected chi connectivity index (χ2v) is 6.72. The molecular formula is C22H24F3NO4. The summed E-state index contributed by atoms with van der Waals surface area (Å²) in [4.78, 5) is 16.5. The number of hydrogen-bond acceptors (Lipinski definition) is 5. The Morgan fingerprint density at radius 1 is 1.20 bits per heavy atom. The number of carbonyl (C=O) groups is 1. The maximum Gasteiger partial charge on any atom is 0.416 e. The van der Waals surface area contributed by atoms with Gasteiger partial charge in [0.2, 0.25) is 0 Å². The van der Waals surface area contributed by atoms with Crippen molar-refractivity contribution in [2.24, 2.45) is 0 Å². The van der Waals surface area contributed by atoms with E-state index in [4.69, 9.17) is 4.84 Å². The van der Waals surface area contributed by atoms with Crippen molar-refractivity contribution in [3.05, 3.63) is 76.9 Å². The Morgan fingerprint density at radius 2 is 1.90 bits per heavy atom. The number of rotatable bonds is 9. The lowest BCUT2D eigenvalue weighted by Crippen LogP contribution is -2.27. The van der Waals surface area contributed by atoms with Gasteiger partial charge in [0.15, 0.2) is 0 Å². The predicted octanol–water partition coefficient (Wildman–Crippen LogP) is 4.08. The van der Waals surface area contributed by atoms with E-state index in [1.165, 1.54) is 25.3 Å². The third-order valence-corrected chi connectivity index (χ3v) is 4.28. The van der Waals surface area contributed by atoms with Crippen molar-refractivity contribution in [2.75, 3.05) is 13.7 Å². The molecule has 0 aliphatic rings.